The highest BCUT2D eigenvalue weighted by molar-refractivity contribution is 7.09. The van der Waals surface area contributed by atoms with Gasteiger partial charge in [0.2, 0.25) is 0 Å². The van der Waals surface area contributed by atoms with Gasteiger partial charge in [0.25, 0.3) is 11.8 Å². The van der Waals surface area contributed by atoms with Crippen molar-refractivity contribution >= 4 is 34.5 Å². The molecule has 9 heteroatoms. The number of benzene rings is 2. The predicted molar refractivity (Wildman–Crippen MR) is 150 cm³/mol. The SMILES string of the molecule is CC(C)N(C(=O)c1ccc(N(c2cccc(C(N)=O)c2F)C2CCN(Cc3nccs3)CC2)cc1)C(C)C. The number of carbonyl (C=O) groups excluding carboxylic acids is 2. The van der Waals surface area contributed by atoms with Crippen LogP contribution >= 0.6 is 11.3 Å². The number of primary amides is 1. The molecule has 38 heavy (non-hydrogen) atoms. The summed E-state index contributed by atoms with van der Waals surface area (Å²) in [7, 11) is 0. The second-order valence-electron chi connectivity index (χ2n) is 10.3. The summed E-state index contributed by atoms with van der Waals surface area (Å²) in [6.45, 7) is 10.5. The Kier molecular flexibility index (Phi) is 8.79. The van der Waals surface area contributed by atoms with Crippen molar-refractivity contribution in [3.63, 3.8) is 0 Å². The molecule has 1 fully saturated rings. The van der Waals surface area contributed by atoms with Crippen molar-refractivity contribution in [2.24, 2.45) is 5.73 Å². The van der Waals surface area contributed by atoms with Gasteiger partial charge in [-0.15, -0.1) is 11.3 Å². The van der Waals surface area contributed by atoms with Gasteiger partial charge in [-0.2, -0.15) is 0 Å². The first kappa shape index (κ1) is 27.7. The van der Waals surface area contributed by atoms with Gasteiger partial charge in [0, 0.05) is 54.0 Å². The maximum Gasteiger partial charge on any atom is 0.254 e. The first-order valence-electron chi connectivity index (χ1n) is 13.1. The number of piperidine rings is 1. The number of anilines is 2. The van der Waals surface area contributed by atoms with Crippen LogP contribution in [0.2, 0.25) is 0 Å². The number of rotatable bonds is 9. The Labute approximate surface area is 228 Å². The molecule has 7 nitrogen and oxygen atoms in total. The average Bonchev–Trinajstić information content (AvgIpc) is 3.39. The first-order valence-corrected chi connectivity index (χ1v) is 14.0. The highest BCUT2D eigenvalue weighted by Gasteiger charge is 2.30. The van der Waals surface area contributed by atoms with Gasteiger partial charge in [-0.25, -0.2) is 9.37 Å². The number of amides is 2. The first-order chi connectivity index (χ1) is 18.2. The number of thiazole rings is 1. The summed E-state index contributed by atoms with van der Waals surface area (Å²) in [4.78, 5) is 35.7. The van der Waals surface area contributed by atoms with Crippen molar-refractivity contribution in [2.45, 2.75) is 65.2 Å². The van der Waals surface area contributed by atoms with Crippen molar-refractivity contribution < 1.29 is 14.0 Å². The standard InChI is InChI=1S/C29H36FN5O2S/c1-19(2)34(20(3)4)29(37)21-8-10-22(11-9-21)35(25-7-5-6-24(27(25)30)28(31)36)23-12-15-33(16-13-23)18-26-32-14-17-38-26/h5-11,14,17,19-20,23H,12-13,15-16,18H2,1-4H3,(H2,31,36). The lowest BCUT2D eigenvalue weighted by Gasteiger charge is -2.40. The Hall–Kier alpha value is -3.30. The van der Waals surface area contributed by atoms with Gasteiger partial charge >= 0.3 is 0 Å². The van der Waals surface area contributed by atoms with Gasteiger partial charge in [-0.1, -0.05) is 6.07 Å². The molecule has 0 radical (unpaired) electrons. The van der Waals surface area contributed by atoms with Gasteiger partial charge in [0.05, 0.1) is 17.8 Å². The maximum atomic E-state index is 15.6. The summed E-state index contributed by atoms with van der Waals surface area (Å²) < 4.78 is 15.6. The predicted octanol–water partition coefficient (Wildman–Crippen LogP) is 5.44. The number of hydrogen-bond acceptors (Lipinski definition) is 6. The molecule has 0 atom stereocenters. The Morgan fingerprint density at radius 1 is 1.08 bits per heavy atom. The Bertz CT molecular complexity index is 1230. The second-order valence-corrected chi connectivity index (χ2v) is 11.2. The molecule has 1 aliphatic heterocycles. The summed E-state index contributed by atoms with van der Waals surface area (Å²) in [5.41, 5.74) is 6.99. The molecule has 3 aromatic rings. The molecule has 2 aromatic carbocycles. The second kappa shape index (κ2) is 12.0. The highest BCUT2D eigenvalue weighted by atomic mass is 32.1. The van der Waals surface area contributed by atoms with E-state index in [0.717, 1.165) is 43.2 Å². The minimum atomic E-state index is -0.800. The number of nitrogens with two attached hydrogens (primary N) is 1. The van der Waals surface area contributed by atoms with Crippen molar-refractivity contribution in [1.29, 1.82) is 0 Å². The van der Waals surface area contributed by atoms with E-state index in [2.05, 4.69) is 9.88 Å². The Morgan fingerprint density at radius 3 is 2.29 bits per heavy atom. The lowest BCUT2D eigenvalue weighted by Crippen LogP contribution is -2.43. The van der Waals surface area contributed by atoms with Crippen LogP contribution in [-0.4, -0.2) is 57.8 Å². The highest BCUT2D eigenvalue weighted by Crippen LogP contribution is 2.35. The smallest absolute Gasteiger partial charge is 0.254 e. The summed E-state index contributed by atoms with van der Waals surface area (Å²) in [5.74, 6) is -1.47. The fourth-order valence-corrected chi connectivity index (χ4v) is 5.94. The minimum absolute atomic E-state index is 0.00421. The van der Waals surface area contributed by atoms with E-state index in [4.69, 9.17) is 5.73 Å². The molecule has 0 spiro atoms. The van der Waals surface area contributed by atoms with Gasteiger partial charge in [0.15, 0.2) is 5.82 Å². The lowest BCUT2D eigenvalue weighted by molar-refractivity contribution is 0.0643. The molecule has 1 saturated heterocycles. The Morgan fingerprint density at radius 2 is 1.74 bits per heavy atom. The summed E-state index contributed by atoms with van der Waals surface area (Å²) in [6, 6.07) is 12.2. The molecule has 2 heterocycles. The fraction of sp³-hybridized carbons (Fsp3) is 0.414. The number of carbonyl (C=O) groups is 2. The number of likely N-dealkylation sites (tertiary alicyclic amines) is 1. The summed E-state index contributed by atoms with van der Waals surface area (Å²) in [5, 5.41) is 3.06. The normalized spacial score (nSPS) is 14.7. The van der Waals surface area contributed by atoms with Crippen molar-refractivity contribution in [1.82, 2.24) is 14.8 Å². The van der Waals surface area contributed by atoms with Gasteiger partial charge in [-0.3, -0.25) is 14.5 Å². The summed E-state index contributed by atoms with van der Waals surface area (Å²) in [6.07, 6.45) is 3.43. The number of halogens is 1. The molecule has 2 amide bonds. The van der Waals surface area contributed by atoms with Crippen LogP contribution in [0.4, 0.5) is 15.8 Å². The average molecular weight is 538 g/mol. The van der Waals surface area contributed by atoms with E-state index in [9.17, 15) is 9.59 Å². The summed E-state index contributed by atoms with van der Waals surface area (Å²) >= 11 is 1.65. The van der Waals surface area contributed by atoms with E-state index >= 15 is 4.39 Å². The van der Waals surface area contributed by atoms with Crippen LogP contribution in [-0.2, 0) is 6.54 Å². The van der Waals surface area contributed by atoms with E-state index in [0.29, 0.717) is 11.3 Å². The van der Waals surface area contributed by atoms with Crippen LogP contribution in [0.5, 0.6) is 0 Å². The molecule has 4 rings (SSSR count). The molecule has 1 aromatic heterocycles. The molecule has 0 bridgehead atoms. The monoisotopic (exact) mass is 537 g/mol. The maximum absolute atomic E-state index is 15.6. The number of hydrogen-bond donors (Lipinski definition) is 1. The number of nitrogens with zero attached hydrogens (tertiary/aromatic N) is 4. The molecule has 2 N–H and O–H groups in total. The van der Waals surface area contributed by atoms with Crippen LogP contribution < -0.4 is 10.6 Å². The largest absolute Gasteiger partial charge is 0.366 e. The van der Waals surface area contributed by atoms with E-state index in [-0.39, 0.29) is 29.6 Å². The number of aromatic nitrogens is 1. The van der Waals surface area contributed by atoms with Crippen LogP contribution in [0.15, 0.2) is 54.0 Å². The molecule has 0 unspecified atom stereocenters. The Balaban J connectivity index is 1.64. The lowest BCUT2D eigenvalue weighted by atomic mass is 9.99. The van der Waals surface area contributed by atoms with Crippen molar-refractivity contribution in [3.8, 4) is 0 Å². The van der Waals surface area contributed by atoms with Gasteiger partial charge in [-0.05, 0) is 76.9 Å². The molecule has 0 saturated carbocycles. The molecular formula is C29H36FN5O2S. The zero-order valence-corrected chi connectivity index (χ0v) is 23.2. The van der Waals surface area contributed by atoms with Crippen LogP contribution in [0.3, 0.4) is 0 Å². The molecule has 1 aliphatic rings. The minimum Gasteiger partial charge on any atom is -0.366 e. The van der Waals surface area contributed by atoms with E-state index in [1.807, 2.05) is 61.2 Å². The van der Waals surface area contributed by atoms with E-state index in [1.54, 1.807) is 35.6 Å². The molecular weight excluding hydrogens is 501 g/mol. The fourth-order valence-electron chi connectivity index (χ4n) is 5.28. The van der Waals surface area contributed by atoms with Crippen LogP contribution in [0.25, 0.3) is 0 Å². The van der Waals surface area contributed by atoms with Crippen molar-refractivity contribution in [3.05, 3.63) is 76.0 Å². The molecule has 0 aliphatic carbocycles. The van der Waals surface area contributed by atoms with Gasteiger partial charge < -0.3 is 15.5 Å². The van der Waals surface area contributed by atoms with Crippen LogP contribution in [0, 0.1) is 5.82 Å². The van der Waals surface area contributed by atoms with Gasteiger partial charge in [0.1, 0.15) is 5.01 Å². The topological polar surface area (TPSA) is 82.8 Å². The van der Waals surface area contributed by atoms with E-state index in [1.165, 1.54) is 6.07 Å². The van der Waals surface area contributed by atoms with Crippen LogP contribution in [0.1, 0.15) is 66.3 Å². The third kappa shape index (κ3) is 6.05. The zero-order valence-electron chi connectivity index (χ0n) is 22.4. The molecule has 202 valence electrons. The zero-order chi connectivity index (χ0) is 27.4. The quantitative estimate of drug-likeness (QED) is 0.393. The third-order valence-corrected chi connectivity index (χ3v) is 7.77. The van der Waals surface area contributed by atoms with Crippen molar-refractivity contribution in [2.75, 3.05) is 18.0 Å². The van der Waals surface area contributed by atoms with E-state index < -0.39 is 11.7 Å². The third-order valence-electron chi connectivity index (χ3n) is 7.01.